The molecule has 0 saturated carbocycles. The van der Waals surface area contributed by atoms with Gasteiger partial charge in [-0.25, -0.2) is 15.0 Å². The molecule has 0 aliphatic rings. The van der Waals surface area contributed by atoms with Gasteiger partial charge in [0.05, 0.1) is 0 Å². The number of nitrogens with zero attached hydrogens (tertiary/aromatic N) is 4. The van der Waals surface area contributed by atoms with E-state index >= 15 is 0 Å². The van der Waals surface area contributed by atoms with E-state index in [0.29, 0.717) is 17.5 Å². The van der Waals surface area contributed by atoms with Crippen molar-refractivity contribution in [2.45, 2.75) is 0 Å². The first-order valence-corrected chi connectivity index (χ1v) is 18.9. The fourth-order valence-electron chi connectivity index (χ4n) is 7.72. The van der Waals surface area contributed by atoms with E-state index in [9.17, 15) is 0 Å². The lowest BCUT2D eigenvalue weighted by molar-refractivity contribution is 0.668. The third-order valence-corrected chi connectivity index (χ3v) is 10.5. The van der Waals surface area contributed by atoms with Gasteiger partial charge in [0.2, 0.25) is 0 Å². The SMILES string of the molecule is c1ccc(-c2ccc(N(c3ccccc3)c3ccc4oc5cc(-c6nc(-c7ccccc7)nc(-c7ccc8c(c7)oc7ccccc78)n6)ccc5c4c3)cc2)cc1. The van der Waals surface area contributed by atoms with Crippen molar-refractivity contribution in [3.63, 3.8) is 0 Å². The molecule has 8 aromatic carbocycles. The Morgan fingerprint density at radius 1 is 0.281 bits per heavy atom. The summed E-state index contributed by atoms with van der Waals surface area (Å²) in [6.45, 7) is 0. The van der Waals surface area contributed by atoms with Crippen LogP contribution in [0.4, 0.5) is 17.1 Å². The van der Waals surface area contributed by atoms with Gasteiger partial charge in [-0.2, -0.15) is 0 Å². The van der Waals surface area contributed by atoms with Gasteiger partial charge < -0.3 is 13.7 Å². The molecule has 0 radical (unpaired) electrons. The maximum Gasteiger partial charge on any atom is 0.164 e. The Hall–Kier alpha value is -7.83. The molecule has 0 aliphatic carbocycles. The van der Waals surface area contributed by atoms with Crippen LogP contribution in [-0.2, 0) is 0 Å². The predicted octanol–water partition coefficient (Wildman–Crippen LogP) is 13.8. The topological polar surface area (TPSA) is 68.2 Å². The van der Waals surface area contributed by atoms with Gasteiger partial charge in [-0.05, 0) is 83.9 Å². The maximum atomic E-state index is 6.53. The van der Waals surface area contributed by atoms with Gasteiger partial charge >= 0.3 is 0 Å². The van der Waals surface area contributed by atoms with Crippen LogP contribution in [0.1, 0.15) is 0 Å². The van der Waals surface area contributed by atoms with Gasteiger partial charge in [-0.15, -0.1) is 0 Å². The van der Waals surface area contributed by atoms with Crippen molar-refractivity contribution in [1.29, 1.82) is 0 Å². The first kappa shape index (κ1) is 32.6. The number of hydrogen-bond donors (Lipinski definition) is 0. The normalized spacial score (nSPS) is 11.5. The summed E-state index contributed by atoms with van der Waals surface area (Å²) < 4.78 is 12.8. The van der Waals surface area contributed by atoms with E-state index in [1.54, 1.807) is 0 Å². The predicted molar refractivity (Wildman–Crippen MR) is 231 cm³/mol. The first-order valence-electron chi connectivity index (χ1n) is 18.9. The van der Waals surface area contributed by atoms with Crippen molar-refractivity contribution in [1.82, 2.24) is 15.0 Å². The Morgan fingerprint density at radius 2 is 0.719 bits per heavy atom. The summed E-state index contributed by atoms with van der Waals surface area (Å²) in [5.74, 6) is 1.71. The molecule has 3 aromatic heterocycles. The quantitative estimate of drug-likeness (QED) is 0.162. The highest BCUT2D eigenvalue weighted by Gasteiger charge is 2.18. The lowest BCUT2D eigenvalue weighted by Gasteiger charge is -2.25. The van der Waals surface area contributed by atoms with Gasteiger partial charge in [-0.1, -0.05) is 121 Å². The molecule has 0 unspecified atom stereocenters. The zero-order valence-corrected chi connectivity index (χ0v) is 30.6. The highest BCUT2D eigenvalue weighted by molar-refractivity contribution is 6.08. The lowest BCUT2D eigenvalue weighted by atomic mass is 10.0. The number of rotatable bonds is 7. The second kappa shape index (κ2) is 13.5. The molecule has 6 nitrogen and oxygen atoms in total. The summed E-state index contributed by atoms with van der Waals surface area (Å²) in [4.78, 5) is 17.3. The van der Waals surface area contributed by atoms with Crippen molar-refractivity contribution in [3.05, 3.63) is 194 Å². The van der Waals surface area contributed by atoms with Gasteiger partial charge in [-0.3, -0.25) is 0 Å². The average Bonchev–Trinajstić information content (AvgIpc) is 3.85. The van der Waals surface area contributed by atoms with Gasteiger partial charge in [0.15, 0.2) is 17.5 Å². The zero-order valence-electron chi connectivity index (χ0n) is 30.6. The molecule has 6 heteroatoms. The maximum absolute atomic E-state index is 6.53. The summed E-state index contributed by atoms with van der Waals surface area (Å²) in [6, 6.07) is 66.5. The zero-order chi connectivity index (χ0) is 37.7. The number of hydrogen-bond acceptors (Lipinski definition) is 6. The second-order valence-corrected chi connectivity index (χ2v) is 14.1. The summed E-state index contributed by atoms with van der Waals surface area (Å²) in [5.41, 5.74) is 11.3. The minimum absolute atomic E-state index is 0.556. The largest absolute Gasteiger partial charge is 0.456 e. The van der Waals surface area contributed by atoms with E-state index < -0.39 is 0 Å². The molecular formula is C51H32N4O2. The molecule has 0 aliphatic heterocycles. The third-order valence-electron chi connectivity index (χ3n) is 10.5. The molecule has 0 N–H and O–H groups in total. The third kappa shape index (κ3) is 5.88. The fourth-order valence-corrected chi connectivity index (χ4v) is 7.72. The molecule has 268 valence electrons. The lowest BCUT2D eigenvalue weighted by Crippen LogP contribution is -2.09. The number of para-hydroxylation sites is 2. The molecule has 11 aromatic rings. The molecule has 11 rings (SSSR count). The van der Waals surface area contributed by atoms with Crippen molar-refractivity contribution in [2.24, 2.45) is 0 Å². The van der Waals surface area contributed by atoms with Crippen LogP contribution in [-0.4, -0.2) is 15.0 Å². The summed E-state index contributed by atoms with van der Waals surface area (Å²) in [7, 11) is 0. The Labute approximate surface area is 328 Å². The molecule has 0 bridgehead atoms. The van der Waals surface area contributed by atoms with Crippen molar-refractivity contribution in [3.8, 4) is 45.3 Å². The molecule has 57 heavy (non-hydrogen) atoms. The summed E-state index contributed by atoms with van der Waals surface area (Å²) in [6.07, 6.45) is 0. The fraction of sp³-hybridized carbons (Fsp3) is 0. The van der Waals surface area contributed by atoms with Crippen LogP contribution < -0.4 is 4.90 Å². The van der Waals surface area contributed by atoms with E-state index in [4.69, 9.17) is 23.8 Å². The highest BCUT2D eigenvalue weighted by Crippen LogP contribution is 2.40. The number of benzene rings is 8. The summed E-state index contributed by atoms with van der Waals surface area (Å²) in [5, 5.41) is 4.17. The Bertz CT molecular complexity index is 3230. The van der Waals surface area contributed by atoms with Gasteiger partial charge in [0.25, 0.3) is 0 Å². The van der Waals surface area contributed by atoms with Crippen LogP contribution in [0.5, 0.6) is 0 Å². The first-order chi connectivity index (χ1) is 28.2. The average molecular weight is 733 g/mol. The van der Waals surface area contributed by atoms with Crippen LogP contribution in [0, 0.1) is 0 Å². The Kier molecular flexibility index (Phi) is 7.71. The molecule has 0 fully saturated rings. The molecule has 0 atom stereocenters. The minimum Gasteiger partial charge on any atom is -0.456 e. The van der Waals surface area contributed by atoms with E-state index in [-0.39, 0.29) is 0 Å². The standard InChI is InChI=1S/C51H32N4O2/c1-4-12-33(13-5-1)34-20-24-39(25-21-34)55(38-16-8-3-9-17-38)40-26-29-46-44(32-40)43-28-23-37(31-48(43)57-46)51-53-49(35-14-6-2-7-15-35)52-50(54-51)36-22-27-42-41-18-10-11-19-45(41)56-47(42)30-36/h1-32H. The van der Waals surface area contributed by atoms with Crippen LogP contribution in [0.15, 0.2) is 203 Å². The molecule has 0 spiro atoms. The van der Waals surface area contributed by atoms with Crippen molar-refractivity contribution >= 4 is 60.9 Å². The van der Waals surface area contributed by atoms with Crippen LogP contribution in [0.2, 0.25) is 0 Å². The van der Waals surface area contributed by atoms with E-state index in [1.807, 2.05) is 72.8 Å². The van der Waals surface area contributed by atoms with E-state index in [1.165, 1.54) is 11.1 Å². The van der Waals surface area contributed by atoms with Gasteiger partial charge in [0, 0.05) is 55.3 Å². The van der Waals surface area contributed by atoms with Crippen LogP contribution in [0.25, 0.3) is 89.2 Å². The Morgan fingerprint density at radius 3 is 1.37 bits per heavy atom. The number of furan rings is 2. The van der Waals surface area contributed by atoms with Crippen LogP contribution >= 0.6 is 0 Å². The molecular weight excluding hydrogens is 701 g/mol. The minimum atomic E-state index is 0.556. The van der Waals surface area contributed by atoms with Crippen LogP contribution in [0.3, 0.4) is 0 Å². The summed E-state index contributed by atoms with van der Waals surface area (Å²) >= 11 is 0. The molecule has 3 heterocycles. The number of fused-ring (bicyclic) bond motifs is 6. The number of anilines is 3. The van der Waals surface area contributed by atoms with E-state index in [0.717, 1.165) is 77.6 Å². The Balaban J connectivity index is 1.00. The van der Waals surface area contributed by atoms with Crippen molar-refractivity contribution < 1.29 is 8.83 Å². The smallest absolute Gasteiger partial charge is 0.164 e. The van der Waals surface area contributed by atoms with E-state index in [2.05, 4.69) is 126 Å². The molecule has 0 amide bonds. The second-order valence-electron chi connectivity index (χ2n) is 14.1. The van der Waals surface area contributed by atoms with Crippen molar-refractivity contribution in [2.75, 3.05) is 4.90 Å². The number of aromatic nitrogens is 3. The highest BCUT2D eigenvalue weighted by atomic mass is 16.3. The van der Waals surface area contributed by atoms with Gasteiger partial charge in [0.1, 0.15) is 22.3 Å². The monoisotopic (exact) mass is 732 g/mol. The molecule has 0 saturated heterocycles.